The third kappa shape index (κ3) is 2.21. The lowest BCUT2D eigenvalue weighted by atomic mass is 10.0. The van der Waals surface area contributed by atoms with E-state index in [0.717, 1.165) is 24.7 Å². The second-order valence-electron chi connectivity index (χ2n) is 3.89. The first-order valence-electron chi connectivity index (χ1n) is 4.31. The van der Waals surface area contributed by atoms with Gasteiger partial charge in [0.2, 0.25) is 0 Å². The van der Waals surface area contributed by atoms with Crippen LogP contribution >= 0.6 is 0 Å². The molecule has 0 bridgehead atoms. The van der Waals surface area contributed by atoms with Gasteiger partial charge in [0.25, 0.3) is 0 Å². The Kier molecular flexibility index (Phi) is 2.53. The second kappa shape index (κ2) is 3.24. The molecular formula is C9H16O2. The molecule has 0 heterocycles. The predicted octanol–water partition coefficient (Wildman–Crippen LogP) is 2.14. The van der Waals surface area contributed by atoms with Crippen molar-refractivity contribution in [1.82, 2.24) is 0 Å². The number of carboxylic acids is 1. The van der Waals surface area contributed by atoms with E-state index in [1.165, 1.54) is 0 Å². The normalized spacial score (nSPS) is 32.5. The molecule has 1 fully saturated rings. The van der Waals surface area contributed by atoms with Crippen molar-refractivity contribution in [2.45, 2.75) is 33.1 Å². The molecule has 0 unspecified atom stereocenters. The van der Waals surface area contributed by atoms with Gasteiger partial charge in [0, 0.05) is 6.42 Å². The predicted molar refractivity (Wildman–Crippen MR) is 43.3 cm³/mol. The number of carboxylic acid groups (broad SMARTS) is 1. The first-order chi connectivity index (χ1) is 5.09. The van der Waals surface area contributed by atoms with E-state index in [2.05, 4.69) is 13.8 Å². The standard InChI is InChI=1S/C9H16O2/c1-6-3-8(4-7(6)2)5-9(10)11/h6-8H,3-5H2,1-2H3,(H,10,11)/t6-,7-/m0/s1. The molecule has 0 amide bonds. The number of carbonyl (C=O) groups is 1. The maximum atomic E-state index is 10.4. The van der Waals surface area contributed by atoms with Crippen LogP contribution in [0.25, 0.3) is 0 Å². The quantitative estimate of drug-likeness (QED) is 0.665. The Labute approximate surface area is 67.6 Å². The van der Waals surface area contributed by atoms with Crippen molar-refractivity contribution in [2.75, 3.05) is 0 Å². The van der Waals surface area contributed by atoms with Crippen molar-refractivity contribution >= 4 is 5.97 Å². The fourth-order valence-electron chi connectivity index (χ4n) is 2.03. The molecular weight excluding hydrogens is 140 g/mol. The van der Waals surface area contributed by atoms with Crippen LogP contribution in [0.4, 0.5) is 0 Å². The molecule has 1 N–H and O–H groups in total. The van der Waals surface area contributed by atoms with Crippen LogP contribution in [0, 0.1) is 17.8 Å². The zero-order valence-electron chi connectivity index (χ0n) is 7.21. The van der Waals surface area contributed by atoms with E-state index < -0.39 is 5.97 Å². The molecule has 0 aromatic carbocycles. The van der Waals surface area contributed by atoms with Crippen molar-refractivity contribution in [3.63, 3.8) is 0 Å². The Balaban J connectivity index is 2.35. The molecule has 1 aliphatic carbocycles. The molecule has 0 radical (unpaired) electrons. The molecule has 0 spiro atoms. The van der Waals surface area contributed by atoms with E-state index >= 15 is 0 Å². The molecule has 2 atom stereocenters. The lowest BCUT2D eigenvalue weighted by Gasteiger charge is -2.04. The van der Waals surface area contributed by atoms with E-state index in [-0.39, 0.29) is 0 Å². The summed E-state index contributed by atoms with van der Waals surface area (Å²) in [6, 6.07) is 0. The molecule has 1 rings (SSSR count). The highest BCUT2D eigenvalue weighted by Crippen LogP contribution is 2.37. The third-order valence-corrected chi connectivity index (χ3v) is 2.84. The molecule has 1 aliphatic rings. The zero-order chi connectivity index (χ0) is 8.43. The molecule has 11 heavy (non-hydrogen) atoms. The Morgan fingerprint density at radius 1 is 1.36 bits per heavy atom. The van der Waals surface area contributed by atoms with Crippen molar-refractivity contribution in [3.8, 4) is 0 Å². The minimum atomic E-state index is -0.642. The second-order valence-corrected chi connectivity index (χ2v) is 3.89. The smallest absolute Gasteiger partial charge is 0.303 e. The lowest BCUT2D eigenvalue weighted by Crippen LogP contribution is -2.03. The maximum Gasteiger partial charge on any atom is 0.303 e. The lowest BCUT2D eigenvalue weighted by molar-refractivity contribution is -0.138. The number of hydrogen-bond donors (Lipinski definition) is 1. The first kappa shape index (κ1) is 8.57. The fourth-order valence-corrected chi connectivity index (χ4v) is 2.03. The van der Waals surface area contributed by atoms with Gasteiger partial charge in [0.05, 0.1) is 0 Å². The van der Waals surface area contributed by atoms with Crippen LogP contribution in [0.15, 0.2) is 0 Å². The van der Waals surface area contributed by atoms with E-state index in [1.807, 2.05) is 0 Å². The third-order valence-electron chi connectivity index (χ3n) is 2.84. The van der Waals surface area contributed by atoms with Crippen LogP contribution in [0.2, 0.25) is 0 Å². The summed E-state index contributed by atoms with van der Waals surface area (Å²) in [5.74, 6) is 1.24. The summed E-state index contributed by atoms with van der Waals surface area (Å²) in [5.41, 5.74) is 0. The van der Waals surface area contributed by atoms with Gasteiger partial charge in [-0.1, -0.05) is 13.8 Å². The van der Waals surface area contributed by atoms with Crippen LogP contribution in [-0.2, 0) is 4.79 Å². The van der Waals surface area contributed by atoms with Gasteiger partial charge in [0.1, 0.15) is 0 Å². The summed E-state index contributed by atoms with van der Waals surface area (Å²) in [6.45, 7) is 4.43. The minimum absolute atomic E-state index is 0.370. The van der Waals surface area contributed by atoms with Gasteiger partial charge in [-0.05, 0) is 30.6 Å². The minimum Gasteiger partial charge on any atom is -0.481 e. The highest BCUT2D eigenvalue weighted by Gasteiger charge is 2.29. The van der Waals surface area contributed by atoms with Gasteiger partial charge in [-0.15, -0.1) is 0 Å². The van der Waals surface area contributed by atoms with Crippen LogP contribution in [0.5, 0.6) is 0 Å². The number of rotatable bonds is 2. The van der Waals surface area contributed by atoms with Crippen molar-refractivity contribution in [2.24, 2.45) is 17.8 Å². The largest absolute Gasteiger partial charge is 0.481 e. The van der Waals surface area contributed by atoms with Crippen molar-refractivity contribution < 1.29 is 9.90 Å². The summed E-state index contributed by atoms with van der Waals surface area (Å²) in [4.78, 5) is 10.4. The number of aliphatic carboxylic acids is 1. The number of hydrogen-bond acceptors (Lipinski definition) is 1. The monoisotopic (exact) mass is 156 g/mol. The Morgan fingerprint density at radius 2 is 1.82 bits per heavy atom. The molecule has 0 aliphatic heterocycles. The Morgan fingerprint density at radius 3 is 2.18 bits per heavy atom. The van der Waals surface area contributed by atoms with Gasteiger partial charge in [-0.25, -0.2) is 0 Å². The SMILES string of the molecule is C[C@H]1CC(CC(=O)O)C[C@@H]1C. The van der Waals surface area contributed by atoms with Crippen molar-refractivity contribution in [1.29, 1.82) is 0 Å². The van der Waals surface area contributed by atoms with Gasteiger partial charge in [0.15, 0.2) is 0 Å². The average Bonchev–Trinajstić information content (AvgIpc) is 2.10. The molecule has 2 nitrogen and oxygen atoms in total. The molecule has 0 saturated heterocycles. The van der Waals surface area contributed by atoms with Gasteiger partial charge in [-0.3, -0.25) is 4.79 Å². The van der Waals surface area contributed by atoms with Gasteiger partial charge >= 0.3 is 5.97 Å². The van der Waals surface area contributed by atoms with E-state index in [0.29, 0.717) is 12.3 Å². The summed E-state index contributed by atoms with van der Waals surface area (Å²) in [6.07, 6.45) is 2.58. The van der Waals surface area contributed by atoms with E-state index in [4.69, 9.17) is 5.11 Å². The molecule has 2 heteroatoms. The fraction of sp³-hybridized carbons (Fsp3) is 0.889. The van der Waals surface area contributed by atoms with E-state index in [1.54, 1.807) is 0 Å². The zero-order valence-corrected chi connectivity index (χ0v) is 7.21. The summed E-state index contributed by atoms with van der Waals surface area (Å²) in [7, 11) is 0. The molecule has 64 valence electrons. The maximum absolute atomic E-state index is 10.4. The van der Waals surface area contributed by atoms with Crippen LogP contribution in [0.3, 0.4) is 0 Å². The highest BCUT2D eigenvalue weighted by molar-refractivity contribution is 5.67. The Bertz CT molecular complexity index is 144. The Hall–Kier alpha value is -0.530. The molecule has 0 aromatic heterocycles. The topological polar surface area (TPSA) is 37.3 Å². The van der Waals surface area contributed by atoms with Gasteiger partial charge < -0.3 is 5.11 Å². The van der Waals surface area contributed by atoms with Crippen LogP contribution < -0.4 is 0 Å². The van der Waals surface area contributed by atoms with Crippen LogP contribution in [0.1, 0.15) is 33.1 Å². The highest BCUT2D eigenvalue weighted by atomic mass is 16.4. The molecule has 1 saturated carbocycles. The van der Waals surface area contributed by atoms with Gasteiger partial charge in [-0.2, -0.15) is 0 Å². The van der Waals surface area contributed by atoms with Crippen LogP contribution in [-0.4, -0.2) is 11.1 Å². The van der Waals surface area contributed by atoms with Crippen molar-refractivity contribution in [3.05, 3.63) is 0 Å². The molecule has 0 aromatic rings. The van der Waals surface area contributed by atoms with E-state index in [9.17, 15) is 4.79 Å². The first-order valence-corrected chi connectivity index (χ1v) is 4.31. The summed E-state index contributed by atoms with van der Waals surface area (Å²) in [5, 5.41) is 8.55. The summed E-state index contributed by atoms with van der Waals surface area (Å²) >= 11 is 0. The summed E-state index contributed by atoms with van der Waals surface area (Å²) < 4.78 is 0. The average molecular weight is 156 g/mol.